The molecule has 0 spiro atoms. The first-order valence-electron chi connectivity index (χ1n) is 26.4. The van der Waals surface area contributed by atoms with Crippen LogP contribution >= 0.6 is 7.60 Å². The van der Waals surface area contributed by atoms with E-state index in [2.05, 4.69) is 0 Å². The van der Waals surface area contributed by atoms with Crippen LogP contribution in [0.2, 0.25) is 0 Å². The van der Waals surface area contributed by atoms with E-state index in [1.165, 1.54) is 18.7 Å². The average molecular weight is 1030 g/mol. The summed E-state index contributed by atoms with van der Waals surface area (Å²) in [4.78, 5) is 72.5. The molecule has 72 heavy (non-hydrogen) atoms. The van der Waals surface area contributed by atoms with E-state index >= 15 is 0 Å². The van der Waals surface area contributed by atoms with E-state index in [9.17, 15) is 38.8 Å². The third kappa shape index (κ3) is 16.9. The summed E-state index contributed by atoms with van der Waals surface area (Å²) in [5, 5.41) is 23.5. The normalized spacial score (nSPS) is 38.6. The number of Topliss-reactive ketones (excluding diaryl/α,β-unsaturated/α-hetero) is 3. The second-order valence-electron chi connectivity index (χ2n) is 21.3. The van der Waals surface area contributed by atoms with Gasteiger partial charge in [0.25, 0.3) is 11.7 Å². The molecule has 0 aromatic heterocycles. The molecule has 4 rings (SSSR count). The van der Waals surface area contributed by atoms with E-state index in [4.69, 9.17) is 32.7 Å². The molecule has 408 valence electrons. The Bertz CT molecular complexity index is 2000. The Balaban J connectivity index is 1.69. The summed E-state index contributed by atoms with van der Waals surface area (Å²) in [5.41, 5.74) is 1.25. The lowest BCUT2D eigenvalue weighted by Crippen LogP contribution is -2.61. The Hall–Kier alpha value is -3.18. The number of fused-ring (bicyclic) bond motifs is 3. The molecule has 16 nitrogen and oxygen atoms in total. The Morgan fingerprint density at radius 3 is 2.26 bits per heavy atom. The van der Waals surface area contributed by atoms with Crippen LogP contribution in [0.4, 0.5) is 0 Å². The molecule has 0 radical (unpaired) electrons. The number of piperidine rings is 1. The summed E-state index contributed by atoms with van der Waals surface area (Å²) >= 11 is 0. The van der Waals surface area contributed by atoms with Gasteiger partial charge in [-0.3, -0.25) is 23.7 Å². The van der Waals surface area contributed by atoms with Crippen molar-refractivity contribution in [2.75, 3.05) is 41.1 Å². The van der Waals surface area contributed by atoms with Crippen LogP contribution in [0.3, 0.4) is 0 Å². The maximum atomic E-state index is 14.5. The first kappa shape index (κ1) is 61.4. The number of nitrogens with zero attached hydrogens (tertiary/aromatic N) is 1. The number of allylic oxidation sites excluding steroid dienone is 6. The first-order chi connectivity index (χ1) is 34.0. The predicted octanol–water partition coefficient (Wildman–Crippen LogP) is 8.45. The quantitative estimate of drug-likeness (QED) is 0.0861. The van der Waals surface area contributed by atoms with Crippen molar-refractivity contribution < 1.29 is 71.5 Å². The maximum absolute atomic E-state index is 14.5. The van der Waals surface area contributed by atoms with Crippen molar-refractivity contribution in [2.24, 2.45) is 35.5 Å². The van der Waals surface area contributed by atoms with Crippen molar-refractivity contribution >= 4 is 36.8 Å². The molecule has 0 aromatic carbocycles. The molecular formula is C55H88NO15P. The first-order valence-corrected chi connectivity index (χ1v) is 28.4. The Kier molecular flexibility index (Phi) is 24.4. The van der Waals surface area contributed by atoms with Crippen LogP contribution in [0, 0.1) is 35.5 Å². The van der Waals surface area contributed by atoms with Gasteiger partial charge in [-0.1, -0.05) is 78.0 Å². The lowest BCUT2D eigenvalue weighted by atomic mass is 9.78. The van der Waals surface area contributed by atoms with Gasteiger partial charge < -0.3 is 47.8 Å². The van der Waals surface area contributed by atoms with E-state index in [1.54, 1.807) is 41.1 Å². The average Bonchev–Trinajstić information content (AvgIpc) is 3.35. The zero-order chi connectivity index (χ0) is 53.5. The summed E-state index contributed by atoms with van der Waals surface area (Å²) in [6.45, 7) is 16.4. The minimum atomic E-state index is -3.33. The molecule has 1 aliphatic carbocycles. The number of rotatable bonds is 11. The van der Waals surface area contributed by atoms with Crippen LogP contribution < -0.4 is 0 Å². The number of esters is 1. The Morgan fingerprint density at radius 2 is 1.60 bits per heavy atom. The Morgan fingerprint density at radius 1 is 0.875 bits per heavy atom. The van der Waals surface area contributed by atoms with E-state index in [0.29, 0.717) is 82.8 Å². The Labute approximate surface area is 429 Å². The molecule has 2 saturated heterocycles. The summed E-state index contributed by atoms with van der Waals surface area (Å²) in [5.74, 6) is -8.26. The number of aliphatic hydroxyl groups excluding tert-OH is 1. The van der Waals surface area contributed by atoms with Gasteiger partial charge in [-0.2, -0.15) is 0 Å². The van der Waals surface area contributed by atoms with Crippen LogP contribution in [0.1, 0.15) is 139 Å². The molecule has 2 bridgehead atoms. The van der Waals surface area contributed by atoms with Crippen LogP contribution in [0.25, 0.3) is 0 Å². The maximum Gasteiger partial charge on any atom is 0.329 e. The van der Waals surface area contributed by atoms with Gasteiger partial charge in [0.2, 0.25) is 5.79 Å². The number of ether oxygens (including phenoxy) is 5. The largest absolute Gasteiger partial charge is 0.460 e. The van der Waals surface area contributed by atoms with Crippen LogP contribution in [0.15, 0.2) is 47.6 Å². The highest BCUT2D eigenvalue weighted by Gasteiger charge is 2.53. The number of carbonyl (C=O) groups is 5. The molecule has 3 fully saturated rings. The second-order valence-corrected chi connectivity index (χ2v) is 23.3. The SMILES string of the molecule is CCCOP(C)(=O)O[C@@H]1CCC(C[C@@H](C)C2CC(=O)[C@H](C)/C=C(\C)[C@@H](O)[C@@H](OC)C(=O)[C@H](C)C[C@H](C)/C=C/C=C/C=C(\C)[C@@H](OC)C[C@@H]3CC[C@@H](C)[C@@](O)(O3)C(=O)C(=O)N3CCCC[C@H]3C(=O)O2)C[C@H]1OC. The van der Waals surface area contributed by atoms with Gasteiger partial charge >= 0.3 is 13.6 Å². The number of ketones is 3. The van der Waals surface area contributed by atoms with Gasteiger partial charge in [-0.15, -0.1) is 0 Å². The molecule has 3 aliphatic heterocycles. The highest BCUT2D eigenvalue weighted by molar-refractivity contribution is 7.53. The standard InChI is InChI=1S/C55H88NO15P/c1-13-27-68-72(12,64)71-45-25-23-41(31-48(45)66-10)30-37(5)47-33-44(57)36(4)29-39(7)50(59)51(67-11)49(58)38(6)28-34(2)19-15-14-16-20-35(3)46(65-9)32-42-24-22-40(8)55(63,70-42)52(60)53(61)56-26-18-17-21-43(56)54(62)69-47/h14-16,19-20,29,34,36-38,40-43,45-48,50-51,59,63H,13,17-18,21-28,30-33H2,1-12H3/b16-14+,19-15+,35-20+,39-29+/t34-,36-,37-,38-,40-,41?,42+,43+,45-,46+,47?,48-,50-,51+,55-,72?/m1/s1. The zero-order valence-electron chi connectivity index (χ0n) is 45.2. The smallest absolute Gasteiger partial charge is 0.329 e. The van der Waals surface area contributed by atoms with Crippen molar-refractivity contribution in [3.8, 4) is 0 Å². The third-order valence-corrected chi connectivity index (χ3v) is 16.6. The van der Waals surface area contributed by atoms with Crippen molar-refractivity contribution in [3.05, 3.63) is 47.6 Å². The fourth-order valence-electron chi connectivity index (χ4n) is 10.8. The van der Waals surface area contributed by atoms with E-state index in [0.717, 1.165) is 5.57 Å². The fourth-order valence-corrected chi connectivity index (χ4v) is 12.1. The number of aliphatic hydroxyl groups is 2. The number of carbonyl (C=O) groups excluding carboxylic acids is 5. The van der Waals surface area contributed by atoms with Gasteiger partial charge in [0, 0.05) is 65.1 Å². The van der Waals surface area contributed by atoms with Crippen LogP contribution in [0.5, 0.6) is 0 Å². The summed E-state index contributed by atoms with van der Waals surface area (Å²) in [7, 11) is 1.20. The topological polar surface area (TPSA) is 211 Å². The molecule has 17 heteroatoms. The van der Waals surface area contributed by atoms with Gasteiger partial charge in [0.15, 0.2) is 5.78 Å². The van der Waals surface area contributed by atoms with Crippen LogP contribution in [-0.4, -0.2) is 140 Å². The van der Waals surface area contributed by atoms with E-state index in [-0.39, 0.29) is 42.8 Å². The zero-order valence-corrected chi connectivity index (χ0v) is 46.1. The minimum Gasteiger partial charge on any atom is -0.460 e. The van der Waals surface area contributed by atoms with Gasteiger partial charge in [-0.25, -0.2) is 4.79 Å². The van der Waals surface area contributed by atoms with Gasteiger partial charge in [0.05, 0.1) is 31.0 Å². The molecule has 3 heterocycles. The highest BCUT2D eigenvalue weighted by atomic mass is 31.2. The molecule has 2 N–H and O–H groups in total. The van der Waals surface area contributed by atoms with Crippen molar-refractivity contribution in [3.63, 3.8) is 0 Å². The van der Waals surface area contributed by atoms with Crippen molar-refractivity contribution in [1.82, 2.24) is 4.90 Å². The molecule has 0 aromatic rings. The van der Waals surface area contributed by atoms with Crippen LogP contribution in [-0.2, 0) is 61.3 Å². The molecule has 1 amide bonds. The third-order valence-electron chi connectivity index (χ3n) is 15.3. The predicted molar refractivity (Wildman–Crippen MR) is 274 cm³/mol. The summed E-state index contributed by atoms with van der Waals surface area (Å²) in [6, 6.07) is -1.17. The van der Waals surface area contributed by atoms with E-state index in [1.807, 2.05) is 65.0 Å². The molecular weight excluding hydrogens is 946 g/mol. The lowest BCUT2D eigenvalue weighted by molar-refractivity contribution is -0.265. The second kappa shape index (κ2) is 28.6. The number of methoxy groups -OCH3 is 3. The van der Waals surface area contributed by atoms with Crippen molar-refractivity contribution in [1.29, 1.82) is 0 Å². The fraction of sp³-hybridized carbons (Fsp3) is 0.764. The molecule has 3 unspecified atom stereocenters. The molecule has 1 saturated carbocycles. The lowest BCUT2D eigenvalue weighted by Gasteiger charge is -2.42. The number of hydrogen-bond donors (Lipinski definition) is 2. The number of cyclic esters (lactones) is 1. The highest BCUT2D eigenvalue weighted by Crippen LogP contribution is 2.49. The number of hydrogen-bond acceptors (Lipinski definition) is 15. The van der Waals surface area contributed by atoms with Crippen molar-refractivity contribution in [2.45, 2.75) is 193 Å². The minimum absolute atomic E-state index is 0.00646. The summed E-state index contributed by atoms with van der Waals surface area (Å²) in [6.07, 6.45) is 11.5. The monoisotopic (exact) mass is 1030 g/mol. The molecule has 16 atom stereocenters. The summed E-state index contributed by atoms with van der Waals surface area (Å²) < 4.78 is 54.4. The number of amides is 1. The van der Waals surface area contributed by atoms with E-state index < -0.39 is 103 Å². The molecule has 4 aliphatic rings. The van der Waals surface area contributed by atoms with Gasteiger partial charge in [0.1, 0.15) is 30.1 Å². The van der Waals surface area contributed by atoms with Gasteiger partial charge in [-0.05, 0) is 113 Å².